The number of aliphatic hydroxyl groups is 1. The number of amidine groups is 1. The molecule has 5 rings (SSSR count). The average Bonchev–Trinajstić information content (AvgIpc) is 3.58. The number of aliphatic imine (C=N–C) groups is 1. The molecule has 2 aliphatic heterocycles. The van der Waals surface area contributed by atoms with Crippen LogP contribution in [-0.4, -0.2) is 56.1 Å². The van der Waals surface area contributed by atoms with Gasteiger partial charge in [0.2, 0.25) is 5.91 Å². The van der Waals surface area contributed by atoms with Crippen LogP contribution in [0, 0.1) is 12.8 Å². The number of β-amino-alcohol motifs (C(OH)–C–C–N with tert-alkyl or cyclic N) is 1. The van der Waals surface area contributed by atoms with Crippen LogP contribution in [0.2, 0.25) is 0 Å². The van der Waals surface area contributed by atoms with Crippen molar-refractivity contribution in [2.75, 3.05) is 6.54 Å². The van der Waals surface area contributed by atoms with Crippen molar-refractivity contribution < 1.29 is 19.2 Å². The SMILES string of the molecule is Cc1cc(C(C(=O)N2C[C@H](O)CC2C2=NC(=O)C(C)(c3ccc(-c4cccc(=O)n4C)cc3)N2)C(C)C)on1. The van der Waals surface area contributed by atoms with Crippen molar-refractivity contribution in [3.63, 3.8) is 0 Å². The molecule has 4 atom stereocenters. The lowest BCUT2D eigenvalue weighted by Crippen LogP contribution is -2.51. The molecule has 1 fully saturated rings. The Kier molecular flexibility index (Phi) is 6.76. The molecule has 4 heterocycles. The predicted molar refractivity (Wildman–Crippen MR) is 145 cm³/mol. The molecule has 1 aromatic carbocycles. The largest absolute Gasteiger partial charge is 0.391 e. The van der Waals surface area contributed by atoms with Crippen molar-refractivity contribution in [3.05, 3.63) is 75.9 Å². The van der Waals surface area contributed by atoms with E-state index in [1.165, 1.54) is 6.07 Å². The Labute approximate surface area is 226 Å². The van der Waals surface area contributed by atoms with Crippen LogP contribution in [0.15, 0.2) is 62.8 Å². The topological polar surface area (TPSA) is 130 Å². The van der Waals surface area contributed by atoms with Crippen LogP contribution in [-0.2, 0) is 22.2 Å². The first kappa shape index (κ1) is 26.6. The van der Waals surface area contributed by atoms with Gasteiger partial charge in [-0.25, -0.2) is 0 Å². The Hall–Kier alpha value is -4.05. The quantitative estimate of drug-likeness (QED) is 0.500. The van der Waals surface area contributed by atoms with Crippen molar-refractivity contribution in [2.45, 2.75) is 57.7 Å². The van der Waals surface area contributed by atoms with Crippen molar-refractivity contribution >= 4 is 17.6 Å². The van der Waals surface area contributed by atoms with E-state index in [4.69, 9.17) is 4.52 Å². The summed E-state index contributed by atoms with van der Waals surface area (Å²) in [5.74, 6) is -0.395. The van der Waals surface area contributed by atoms with Gasteiger partial charge in [-0.3, -0.25) is 14.4 Å². The number of hydrogen-bond acceptors (Lipinski definition) is 7. The van der Waals surface area contributed by atoms with Crippen LogP contribution < -0.4 is 10.9 Å². The van der Waals surface area contributed by atoms with E-state index >= 15 is 0 Å². The number of nitrogens with one attached hydrogen (secondary N) is 1. The second-order valence-electron chi connectivity index (χ2n) is 10.9. The molecule has 204 valence electrons. The highest BCUT2D eigenvalue weighted by Gasteiger charge is 2.48. The number of amides is 2. The second-order valence-corrected chi connectivity index (χ2v) is 10.9. The lowest BCUT2D eigenvalue weighted by Gasteiger charge is -2.31. The molecular weight excluding hydrogens is 498 g/mol. The molecule has 2 N–H and O–H groups in total. The molecule has 2 aliphatic rings. The molecular formula is C29H33N5O5. The highest BCUT2D eigenvalue weighted by molar-refractivity contribution is 6.09. The first-order valence-corrected chi connectivity index (χ1v) is 13.1. The van der Waals surface area contributed by atoms with Crippen LogP contribution in [0.4, 0.5) is 0 Å². The second kappa shape index (κ2) is 9.92. The van der Waals surface area contributed by atoms with Gasteiger partial charge in [0.1, 0.15) is 23.1 Å². The number of aromatic nitrogens is 2. The molecule has 3 aromatic rings. The maximum atomic E-state index is 13.8. The summed E-state index contributed by atoms with van der Waals surface area (Å²) < 4.78 is 7.01. The minimum absolute atomic E-state index is 0.0729. The summed E-state index contributed by atoms with van der Waals surface area (Å²) in [4.78, 5) is 45.0. The fourth-order valence-electron chi connectivity index (χ4n) is 5.50. The monoisotopic (exact) mass is 531 g/mol. The van der Waals surface area contributed by atoms with Gasteiger partial charge in [0.25, 0.3) is 11.5 Å². The van der Waals surface area contributed by atoms with Crippen molar-refractivity contribution in [2.24, 2.45) is 18.0 Å². The van der Waals surface area contributed by atoms with Gasteiger partial charge in [-0.2, -0.15) is 4.99 Å². The fourth-order valence-corrected chi connectivity index (χ4v) is 5.50. The highest BCUT2D eigenvalue weighted by atomic mass is 16.5. The average molecular weight is 532 g/mol. The summed E-state index contributed by atoms with van der Waals surface area (Å²) in [6, 6.07) is 13.7. The highest BCUT2D eigenvalue weighted by Crippen LogP contribution is 2.34. The molecule has 10 heteroatoms. The molecule has 0 radical (unpaired) electrons. The van der Waals surface area contributed by atoms with Crippen LogP contribution in [0.3, 0.4) is 0 Å². The Balaban J connectivity index is 1.40. The minimum atomic E-state index is -1.14. The number of nitrogens with zero attached hydrogens (tertiary/aromatic N) is 4. The first-order chi connectivity index (χ1) is 18.5. The molecule has 0 saturated carbocycles. The molecule has 2 amide bonds. The van der Waals surface area contributed by atoms with Gasteiger partial charge in [-0.15, -0.1) is 0 Å². The zero-order valence-electron chi connectivity index (χ0n) is 22.7. The van der Waals surface area contributed by atoms with Gasteiger partial charge in [0, 0.05) is 32.1 Å². The molecule has 1 saturated heterocycles. The number of carbonyl (C=O) groups excluding carboxylic acids is 2. The van der Waals surface area contributed by atoms with Crippen molar-refractivity contribution in [3.8, 4) is 11.3 Å². The van der Waals surface area contributed by atoms with Crippen LogP contribution in [0.25, 0.3) is 11.3 Å². The third-order valence-corrected chi connectivity index (χ3v) is 7.73. The van der Waals surface area contributed by atoms with Gasteiger partial charge >= 0.3 is 0 Å². The fraction of sp³-hybridized carbons (Fsp3) is 0.414. The van der Waals surface area contributed by atoms with E-state index in [0.717, 1.165) is 11.3 Å². The molecule has 39 heavy (non-hydrogen) atoms. The third kappa shape index (κ3) is 4.69. The molecule has 2 aromatic heterocycles. The van der Waals surface area contributed by atoms with E-state index < -0.39 is 23.6 Å². The Morgan fingerprint density at radius 1 is 1.18 bits per heavy atom. The van der Waals surface area contributed by atoms with Crippen molar-refractivity contribution in [1.82, 2.24) is 19.9 Å². The summed E-state index contributed by atoms with van der Waals surface area (Å²) in [7, 11) is 1.71. The maximum Gasteiger partial charge on any atom is 0.277 e. The molecule has 0 bridgehead atoms. The number of likely N-dealkylation sites (tertiary alicyclic amines) is 1. The Morgan fingerprint density at radius 3 is 2.54 bits per heavy atom. The first-order valence-electron chi connectivity index (χ1n) is 13.1. The van der Waals surface area contributed by atoms with E-state index in [9.17, 15) is 19.5 Å². The van der Waals surface area contributed by atoms with Gasteiger partial charge in [-0.05, 0) is 37.0 Å². The summed E-state index contributed by atoms with van der Waals surface area (Å²) in [5, 5.41) is 17.8. The number of benzene rings is 1. The van der Waals surface area contributed by atoms with E-state index in [2.05, 4.69) is 15.5 Å². The van der Waals surface area contributed by atoms with Crippen molar-refractivity contribution in [1.29, 1.82) is 0 Å². The molecule has 10 nitrogen and oxygen atoms in total. The summed E-state index contributed by atoms with van der Waals surface area (Å²) >= 11 is 0. The van der Waals surface area contributed by atoms with E-state index in [1.54, 1.807) is 42.5 Å². The third-order valence-electron chi connectivity index (χ3n) is 7.73. The van der Waals surface area contributed by atoms with Crippen LogP contribution in [0.1, 0.15) is 50.1 Å². The Morgan fingerprint density at radius 2 is 1.90 bits per heavy atom. The number of carbonyl (C=O) groups is 2. The Bertz CT molecular complexity index is 1500. The number of hydrogen-bond donors (Lipinski definition) is 2. The van der Waals surface area contributed by atoms with Gasteiger partial charge in [0.05, 0.1) is 23.5 Å². The standard InChI is InChI=1S/C29H33N5O5/c1-16(2)25(23-13-17(3)32-39-23)27(37)34-15-20(35)14-22(34)26-30-28(38)29(4,31-26)19-11-9-18(10-12-19)21-7-6-8-24(36)33(21)5/h6-13,16,20,22,25,35H,14-15H2,1-5H3,(H,30,31,38)/t20-,22?,25?,29?/m1/s1. The maximum absolute atomic E-state index is 13.8. The minimum Gasteiger partial charge on any atom is -0.391 e. The van der Waals surface area contributed by atoms with E-state index in [0.29, 0.717) is 22.9 Å². The van der Waals surface area contributed by atoms with Crippen LogP contribution >= 0.6 is 0 Å². The molecule has 0 aliphatic carbocycles. The zero-order chi connectivity index (χ0) is 28.1. The van der Waals surface area contributed by atoms with Gasteiger partial charge < -0.3 is 24.4 Å². The molecule has 0 spiro atoms. The normalized spacial score (nSPS) is 23.7. The number of rotatable bonds is 6. The van der Waals surface area contributed by atoms with E-state index in [-0.39, 0.29) is 36.3 Å². The van der Waals surface area contributed by atoms with Gasteiger partial charge in [0.15, 0.2) is 0 Å². The summed E-state index contributed by atoms with van der Waals surface area (Å²) in [6.45, 7) is 7.56. The number of aliphatic hydroxyl groups excluding tert-OH is 1. The smallest absolute Gasteiger partial charge is 0.277 e. The lowest BCUT2D eigenvalue weighted by molar-refractivity contribution is -0.134. The summed E-state index contributed by atoms with van der Waals surface area (Å²) in [6.07, 6.45) is -0.478. The lowest BCUT2D eigenvalue weighted by atomic mass is 9.90. The summed E-state index contributed by atoms with van der Waals surface area (Å²) in [5.41, 5.74) is 1.74. The number of pyridine rings is 1. The van der Waals surface area contributed by atoms with Gasteiger partial charge in [-0.1, -0.05) is 49.3 Å². The molecule has 3 unspecified atom stereocenters. The van der Waals surface area contributed by atoms with Crippen LogP contribution in [0.5, 0.6) is 0 Å². The predicted octanol–water partition coefficient (Wildman–Crippen LogP) is 2.49. The van der Waals surface area contributed by atoms with E-state index in [1.807, 2.05) is 44.2 Å². The zero-order valence-corrected chi connectivity index (χ0v) is 22.7. The number of aryl methyl sites for hydroxylation is 1.